The number of aryl methyl sites for hydroxylation is 1. The molecule has 2 bridgehead atoms. The van der Waals surface area contributed by atoms with Crippen molar-refractivity contribution in [3.8, 4) is 5.75 Å². The molecule has 1 spiro atoms. The lowest BCUT2D eigenvalue weighted by atomic mass is 9.64. The highest BCUT2D eigenvalue weighted by atomic mass is 35.5. The van der Waals surface area contributed by atoms with E-state index in [1.54, 1.807) is 32.2 Å². The molecule has 7 rings (SSSR count). The maximum atomic E-state index is 13.4. The van der Waals surface area contributed by atoms with E-state index < -0.39 is 26.8 Å². The monoisotopic (exact) mass is 796 g/mol. The zero-order valence-electron chi connectivity index (χ0n) is 33.5. The Morgan fingerprint density at radius 1 is 1.11 bits per heavy atom. The third-order valence-corrected chi connectivity index (χ3v) is 15.7. The Morgan fingerprint density at radius 2 is 1.87 bits per heavy atom. The number of nitrogens with one attached hydrogen (secondary N) is 2. The summed E-state index contributed by atoms with van der Waals surface area (Å²) in [5, 5.41) is 3.25. The normalized spacial score (nSPS) is 31.5. The van der Waals surface area contributed by atoms with Crippen molar-refractivity contribution in [3.63, 3.8) is 0 Å². The average Bonchev–Trinajstić information content (AvgIpc) is 3.32. The number of allylic oxidation sites excluding steroid dienone is 1. The number of ether oxygens (including phenoxy) is 2. The van der Waals surface area contributed by atoms with Gasteiger partial charge in [-0.25, -0.2) is 13.1 Å². The third-order valence-electron chi connectivity index (χ3n) is 13.5. The molecule has 2 aromatic rings. The van der Waals surface area contributed by atoms with Crippen LogP contribution < -0.4 is 19.7 Å². The van der Waals surface area contributed by atoms with Crippen LogP contribution in [0.1, 0.15) is 94.6 Å². The second kappa shape index (κ2) is 16.9. The van der Waals surface area contributed by atoms with Crippen LogP contribution in [0.3, 0.4) is 0 Å². The number of amides is 1. The molecule has 0 radical (unpaired) electrons. The number of fused-ring (bicyclic) bond motifs is 4. The fourth-order valence-electron chi connectivity index (χ4n) is 9.18. The molecule has 3 aliphatic heterocycles. The van der Waals surface area contributed by atoms with Crippen molar-refractivity contribution in [1.82, 2.24) is 14.9 Å². The molecule has 2 fully saturated rings. The van der Waals surface area contributed by atoms with Crippen LogP contribution in [0, 0.1) is 17.8 Å². The smallest absolute Gasteiger partial charge is 0.264 e. The van der Waals surface area contributed by atoms with E-state index >= 15 is 0 Å². The van der Waals surface area contributed by atoms with Gasteiger partial charge in [-0.3, -0.25) is 14.5 Å². The summed E-state index contributed by atoms with van der Waals surface area (Å²) in [7, 11) is -2.41. The van der Waals surface area contributed by atoms with Gasteiger partial charge in [0.1, 0.15) is 11.4 Å². The molecule has 12 heteroatoms. The van der Waals surface area contributed by atoms with Crippen molar-refractivity contribution in [1.29, 1.82) is 0 Å². The number of rotatable bonds is 4. The lowest BCUT2D eigenvalue weighted by Crippen LogP contribution is -2.53. The molecule has 0 aromatic heterocycles. The molecule has 2 aliphatic carbocycles. The molecule has 302 valence electrons. The molecule has 3 heterocycles. The van der Waals surface area contributed by atoms with Crippen LogP contribution in [0.25, 0.3) is 0 Å². The van der Waals surface area contributed by atoms with Crippen molar-refractivity contribution in [2.45, 2.75) is 101 Å². The Bertz CT molecular complexity index is 1850. The molecule has 1 saturated carbocycles. The zero-order valence-corrected chi connectivity index (χ0v) is 35.1. The zero-order chi connectivity index (χ0) is 39.6. The molecule has 6 atom stereocenters. The highest BCUT2D eigenvalue weighted by Gasteiger charge is 2.49. The first kappa shape index (κ1) is 41.7. The Balaban J connectivity index is 0.000000403. The lowest BCUT2D eigenvalue weighted by Gasteiger charge is -2.48. The van der Waals surface area contributed by atoms with Gasteiger partial charge in [-0.2, -0.15) is 0 Å². The number of hydrogen-bond acceptors (Lipinski definition) is 9. The summed E-state index contributed by atoms with van der Waals surface area (Å²) in [6.07, 6.45) is 10.9. The van der Waals surface area contributed by atoms with Gasteiger partial charge in [0.2, 0.25) is 10.0 Å². The van der Waals surface area contributed by atoms with Gasteiger partial charge in [0, 0.05) is 73.8 Å². The maximum absolute atomic E-state index is 13.4. The van der Waals surface area contributed by atoms with E-state index in [9.17, 15) is 18.0 Å². The first-order valence-corrected chi connectivity index (χ1v) is 22.1. The maximum Gasteiger partial charge on any atom is 0.264 e. The van der Waals surface area contributed by atoms with Crippen LogP contribution in [0.5, 0.6) is 5.75 Å². The topological polar surface area (TPSA) is 117 Å². The van der Waals surface area contributed by atoms with Gasteiger partial charge in [0.15, 0.2) is 6.29 Å². The quantitative estimate of drug-likeness (QED) is 0.263. The second-order valence-electron chi connectivity index (χ2n) is 17.1. The fraction of sp³-hybridized carbons (Fsp3) is 0.628. The number of hydrogen-bond donors (Lipinski definition) is 2. The Morgan fingerprint density at radius 3 is 2.55 bits per heavy atom. The molecule has 0 unspecified atom stereocenters. The van der Waals surface area contributed by atoms with E-state index in [0.717, 1.165) is 57.2 Å². The van der Waals surface area contributed by atoms with E-state index in [2.05, 4.69) is 52.7 Å². The minimum atomic E-state index is -3.97. The van der Waals surface area contributed by atoms with Crippen molar-refractivity contribution in [2.24, 2.45) is 17.8 Å². The SMILES string of the molecule is CCC(C)(C)N1CCNCC1.CO[C@]1(C=O)/C=C/C[C@H](C)[C@@H](C)S(=O)(=O)NC(=O)c2ccc3c(c2)N(C[C@@H]2CC[C@H]21)C[C@@]1(CCCc2cc(Cl)ccc21)CO3. The van der Waals surface area contributed by atoms with Gasteiger partial charge in [0.25, 0.3) is 5.91 Å². The number of aldehydes is 1. The standard InChI is InChI=1S/C34H41ClN2O6S.C9H20N2/c1-22-6-4-15-34(20-38,42-3)29-11-8-26(29)18-37-19-33(14-5-7-24-16-27(35)10-12-28(24)33)21-43-31-13-9-25(17-30(31)37)32(39)36-44(40,41)23(22)2;1-4-9(2,3)11-7-5-10-6-8-11/h4,9-10,12-13,15-17,20,22-23,26,29H,5-8,11,14,18-19,21H2,1-3H3,(H,36,39);10H,4-8H2,1-3H3/b15-4+;/t22-,23+,26-,29+,33-,34-;/m0./s1. The van der Waals surface area contributed by atoms with Crippen LogP contribution in [0.15, 0.2) is 48.6 Å². The van der Waals surface area contributed by atoms with Crippen molar-refractivity contribution in [2.75, 3.05) is 57.9 Å². The minimum Gasteiger partial charge on any atom is -0.490 e. The molecular formula is C43H61ClN4O6S. The number of carbonyl (C=O) groups excluding carboxylic acids is 2. The Labute approximate surface area is 333 Å². The highest BCUT2D eigenvalue weighted by Crippen LogP contribution is 2.48. The molecule has 2 N–H and O–H groups in total. The molecule has 10 nitrogen and oxygen atoms in total. The average molecular weight is 798 g/mol. The summed E-state index contributed by atoms with van der Waals surface area (Å²) in [6.45, 7) is 16.8. The van der Waals surface area contributed by atoms with Gasteiger partial charge in [-0.15, -0.1) is 0 Å². The number of carbonyl (C=O) groups is 2. The number of benzene rings is 2. The van der Waals surface area contributed by atoms with Crippen LogP contribution in [-0.2, 0) is 31.4 Å². The van der Waals surface area contributed by atoms with Gasteiger partial charge in [-0.1, -0.05) is 37.6 Å². The van der Waals surface area contributed by atoms with E-state index in [4.69, 9.17) is 21.1 Å². The van der Waals surface area contributed by atoms with Crippen LogP contribution >= 0.6 is 11.6 Å². The largest absolute Gasteiger partial charge is 0.490 e. The summed E-state index contributed by atoms with van der Waals surface area (Å²) >= 11 is 6.40. The predicted molar refractivity (Wildman–Crippen MR) is 220 cm³/mol. The van der Waals surface area contributed by atoms with E-state index in [1.807, 2.05) is 25.1 Å². The molecule has 2 aromatic carbocycles. The number of methoxy groups -OCH3 is 1. The van der Waals surface area contributed by atoms with Gasteiger partial charge in [0.05, 0.1) is 17.5 Å². The number of sulfonamides is 1. The van der Waals surface area contributed by atoms with Crippen LogP contribution in [-0.4, -0.2) is 94.9 Å². The summed E-state index contributed by atoms with van der Waals surface area (Å²) in [5.74, 6) is -0.203. The Kier molecular flexibility index (Phi) is 12.8. The first-order chi connectivity index (χ1) is 26.2. The van der Waals surface area contributed by atoms with Gasteiger partial charge >= 0.3 is 0 Å². The first-order valence-electron chi connectivity index (χ1n) is 20.2. The molecule has 5 aliphatic rings. The molecule has 1 amide bonds. The Hall–Kier alpha value is -2.96. The van der Waals surface area contributed by atoms with Crippen molar-refractivity contribution >= 4 is 39.5 Å². The van der Waals surface area contributed by atoms with Crippen molar-refractivity contribution < 1.29 is 27.5 Å². The number of nitrogens with zero attached hydrogens (tertiary/aromatic N) is 2. The lowest BCUT2D eigenvalue weighted by molar-refractivity contribution is -0.135. The second-order valence-corrected chi connectivity index (χ2v) is 19.6. The summed E-state index contributed by atoms with van der Waals surface area (Å²) in [4.78, 5) is 30.9. The van der Waals surface area contributed by atoms with E-state index in [-0.39, 0.29) is 28.7 Å². The van der Waals surface area contributed by atoms with Crippen LogP contribution in [0.4, 0.5) is 5.69 Å². The third kappa shape index (κ3) is 8.66. The molecule has 55 heavy (non-hydrogen) atoms. The fourth-order valence-corrected chi connectivity index (χ4v) is 10.7. The van der Waals surface area contributed by atoms with E-state index in [1.165, 1.54) is 30.6 Å². The molecular weight excluding hydrogens is 736 g/mol. The van der Waals surface area contributed by atoms with Crippen LogP contribution in [0.2, 0.25) is 5.02 Å². The summed E-state index contributed by atoms with van der Waals surface area (Å²) in [6, 6.07) is 11.3. The highest BCUT2D eigenvalue weighted by molar-refractivity contribution is 7.90. The number of halogens is 1. The summed E-state index contributed by atoms with van der Waals surface area (Å²) in [5.41, 5.74) is 2.45. The number of piperazine rings is 1. The minimum absolute atomic E-state index is 0.0434. The summed E-state index contributed by atoms with van der Waals surface area (Å²) < 4.78 is 41.3. The van der Waals surface area contributed by atoms with Gasteiger partial charge < -0.3 is 19.7 Å². The number of anilines is 1. The van der Waals surface area contributed by atoms with Gasteiger partial charge in [-0.05, 0) is 125 Å². The predicted octanol–water partition coefficient (Wildman–Crippen LogP) is 6.55. The van der Waals surface area contributed by atoms with Crippen molar-refractivity contribution in [3.05, 3.63) is 70.3 Å². The van der Waals surface area contributed by atoms with E-state index in [0.29, 0.717) is 42.4 Å². The molecule has 1 saturated heterocycles.